The van der Waals surface area contributed by atoms with Crippen molar-refractivity contribution >= 4 is 10.9 Å². The molecule has 0 saturated carbocycles. The molecule has 0 aliphatic carbocycles. The smallest absolute Gasteiger partial charge is 0.138 e. The molecule has 2 bridgehead atoms. The van der Waals surface area contributed by atoms with Crippen LogP contribution >= 0.6 is 0 Å². The summed E-state index contributed by atoms with van der Waals surface area (Å²) < 4.78 is 6.09. The molecule has 4 heterocycles. The van der Waals surface area contributed by atoms with Gasteiger partial charge in [-0.3, -0.25) is 4.98 Å². The highest BCUT2D eigenvalue weighted by molar-refractivity contribution is 5.84. The second-order valence-electron chi connectivity index (χ2n) is 7.81. The van der Waals surface area contributed by atoms with Gasteiger partial charge in [-0.1, -0.05) is 6.07 Å². The molecule has 0 radical (unpaired) electrons. The second kappa shape index (κ2) is 5.83. The van der Waals surface area contributed by atoms with E-state index in [-0.39, 0.29) is 22.8 Å². The fraction of sp³-hybridized carbons (Fsp3) is 0.381. The zero-order valence-corrected chi connectivity index (χ0v) is 14.9. The van der Waals surface area contributed by atoms with Crippen molar-refractivity contribution in [3.63, 3.8) is 0 Å². The van der Waals surface area contributed by atoms with Crippen LogP contribution < -0.4 is 4.74 Å². The first-order chi connectivity index (χ1) is 12.6. The lowest BCUT2D eigenvalue weighted by molar-refractivity contribution is -0.903. The van der Waals surface area contributed by atoms with E-state index in [9.17, 15) is 5.21 Å². The van der Waals surface area contributed by atoms with Crippen molar-refractivity contribution in [2.45, 2.75) is 43.9 Å². The summed E-state index contributed by atoms with van der Waals surface area (Å²) in [5.74, 6) is 0.794. The van der Waals surface area contributed by atoms with Crippen LogP contribution in [0.15, 0.2) is 48.8 Å². The number of H-pyrrole nitrogens is 1. The average Bonchev–Trinajstić information content (AvgIpc) is 3.12. The number of ether oxygens (including phenoxy) is 1. The van der Waals surface area contributed by atoms with E-state index in [2.05, 4.69) is 34.2 Å². The predicted octanol–water partition coefficient (Wildman–Crippen LogP) is 4.25. The largest absolute Gasteiger partial charge is 0.633 e. The molecule has 1 N–H and O–H groups in total. The molecular formula is C21H23N3O2. The summed E-state index contributed by atoms with van der Waals surface area (Å²) in [6, 6.07) is 12.7. The summed E-state index contributed by atoms with van der Waals surface area (Å²) in [5.41, 5.74) is 3.16. The number of rotatable bonds is 3. The number of nitrogens with one attached hydrogen (secondary N) is 1. The van der Waals surface area contributed by atoms with Crippen LogP contribution in [0.4, 0.5) is 0 Å². The molecule has 4 atom stereocenters. The molecule has 134 valence electrons. The number of piperidine rings is 1. The summed E-state index contributed by atoms with van der Waals surface area (Å²) in [7, 11) is 1.83. The van der Waals surface area contributed by atoms with Gasteiger partial charge in [0, 0.05) is 48.3 Å². The molecule has 2 aromatic heterocycles. The number of pyridine rings is 1. The molecule has 3 aromatic rings. The van der Waals surface area contributed by atoms with Crippen LogP contribution in [0.3, 0.4) is 0 Å². The van der Waals surface area contributed by atoms with Crippen molar-refractivity contribution in [3.05, 3.63) is 54.0 Å². The van der Waals surface area contributed by atoms with E-state index in [0.29, 0.717) is 0 Å². The van der Waals surface area contributed by atoms with Gasteiger partial charge in [0.2, 0.25) is 0 Å². The Labute approximate surface area is 152 Å². The number of aromatic amines is 1. The van der Waals surface area contributed by atoms with E-state index < -0.39 is 0 Å². The third kappa shape index (κ3) is 2.59. The summed E-state index contributed by atoms with van der Waals surface area (Å²) >= 11 is 0. The molecule has 5 rings (SSSR count). The van der Waals surface area contributed by atoms with Gasteiger partial charge in [0.15, 0.2) is 0 Å². The molecule has 2 fully saturated rings. The topological polar surface area (TPSA) is 61.0 Å². The Balaban J connectivity index is 1.31. The van der Waals surface area contributed by atoms with Gasteiger partial charge >= 0.3 is 0 Å². The van der Waals surface area contributed by atoms with Crippen molar-refractivity contribution < 1.29 is 9.38 Å². The molecule has 5 nitrogen and oxygen atoms in total. The average molecular weight is 349 g/mol. The summed E-state index contributed by atoms with van der Waals surface area (Å²) in [6.07, 6.45) is 7.65. The molecule has 26 heavy (non-hydrogen) atoms. The Morgan fingerprint density at radius 1 is 1.12 bits per heavy atom. The van der Waals surface area contributed by atoms with Crippen LogP contribution in [0.5, 0.6) is 5.75 Å². The minimum atomic E-state index is -0.0708. The van der Waals surface area contributed by atoms with Crippen LogP contribution in [0.25, 0.3) is 22.2 Å². The molecule has 2 aliphatic heterocycles. The third-order valence-corrected chi connectivity index (χ3v) is 6.24. The number of benzene rings is 1. The van der Waals surface area contributed by atoms with Crippen molar-refractivity contribution in [2.24, 2.45) is 0 Å². The fourth-order valence-electron chi connectivity index (χ4n) is 4.68. The van der Waals surface area contributed by atoms with E-state index in [1.807, 2.05) is 25.4 Å². The fourth-order valence-corrected chi connectivity index (χ4v) is 4.68. The monoisotopic (exact) mass is 349 g/mol. The van der Waals surface area contributed by atoms with Crippen LogP contribution in [0.1, 0.15) is 25.7 Å². The van der Waals surface area contributed by atoms with Crippen molar-refractivity contribution in [1.82, 2.24) is 9.97 Å². The summed E-state index contributed by atoms with van der Waals surface area (Å²) in [6.45, 7) is 0. The van der Waals surface area contributed by atoms with Gasteiger partial charge in [-0.05, 0) is 30.3 Å². The molecule has 2 unspecified atom stereocenters. The van der Waals surface area contributed by atoms with E-state index in [1.165, 1.54) is 5.39 Å². The number of fused-ring (bicyclic) bond motifs is 3. The molecule has 1 aromatic carbocycles. The zero-order valence-electron chi connectivity index (χ0n) is 14.9. The molecule has 0 spiro atoms. The molecule has 0 amide bonds. The van der Waals surface area contributed by atoms with Gasteiger partial charge in [0.1, 0.15) is 11.9 Å². The predicted molar refractivity (Wildman–Crippen MR) is 102 cm³/mol. The van der Waals surface area contributed by atoms with Gasteiger partial charge in [-0.25, -0.2) is 0 Å². The Morgan fingerprint density at radius 2 is 1.92 bits per heavy atom. The maximum absolute atomic E-state index is 12.6. The molecule has 2 aliphatic rings. The number of hydroxylamine groups is 3. The maximum atomic E-state index is 12.6. The van der Waals surface area contributed by atoms with Crippen molar-refractivity contribution in [2.75, 3.05) is 7.05 Å². The minimum Gasteiger partial charge on any atom is -0.633 e. The number of hydrogen-bond acceptors (Lipinski definition) is 3. The van der Waals surface area contributed by atoms with Gasteiger partial charge in [0.25, 0.3) is 0 Å². The Morgan fingerprint density at radius 3 is 2.65 bits per heavy atom. The summed E-state index contributed by atoms with van der Waals surface area (Å²) in [5, 5.41) is 13.8. The van der Waals surface area contributed by atoms with Gasteiger partial charge in [-0.15, -0.1) is 0 Å². The van der Waals surface area contributed by atoms with Crippen LogP contribution in [0.2, 0.25) is 0 Å². The lowest BCUT2D eigenvalue weighted by Crippen LogP contribution is -2.55. The first-order valence-corrected chi connectivity index (χ1v) is 9.37. The quantitative estimate of drug-likeness (QED) is 0.568. The Hall–Kier alpha value is -2.37. The lowest BCUT2D eigenvalue weighted by Gasteiger charge is -2.50. The van der Waals surface area contributed by atoms with E-state index in [1.54, 1.807) is 6.20 Å². The van der Waals surface area contributed by atoms with Gasteiger partial charge in [0.05, 0.1) is 31.0 Å². The van der Waals surface area contributed by atoms with Crippen LogP contribution in [-0.4, -0.2) is 39.8 Å². The first kappa shape index (κ1) is 15.9. The highest BCUT2D eigenvalue weighted by Crippen LogP contribution is 2.41. The zero-order chi connectivity index (χ0) is 17.7. The lowest BCUT2D eigenvalue weighted by atomic mass is 10.00. The SMILES string of the molecule is C[N+]1([O-])[C@@H]2CC[C@H]1CC(Oc1ccc(-c3ccc4[nH]ccc4c3)nc1)C2. The van der Waals surface area contributed by atoms with Gasteiger partial charge < -0.3 is 19.6 Å². The van der Waals surface area contributed by atoms with Crippen molar-refractivity contribution in [1.29, 1.82) is 0 Å². The highest BCUT2D eigenvalue weighted by atomic mass is 16.6. The minimum absolute atomic E-state index is 0.0708. The van der Waals surface area contributed by atoms with Crippen LogP contribution in [-0.2, 0) is 0 Å². The normalized spacial score (nSPS) is 30.6. The van der Waals surface area contributed by atoms with E-state index >= 15 is 0 Å². The third-order valence-electron chi connectivity index (χ3n) is 6.24. The highest BCUT2D eigenvalue weighted by Gasteiger charge is 2.47. The van der Waals surface area contributed by atoms with E-state index in [4.69, 9.17) is 4.74 Å². The standard InChI is InChI=1S/C21H23N3O2/c1-24(25)16-3-4-17(24)12-19(11-16)26-18-5-7-21(23-13-18)14-2-6-20-15(10-14)8-9-22-20/h2,5-10,13,16-17,19,22H,3-4,11-12H2,1H3/t16-,17+,19?,24?. The Bertz CT molecular complexity index is 916. The number of aromatic nitrogens is 2. The van der Waals surface area contributed by atoms with Gasteiger partial charge in [-0.2, -0.15) is 0 Å². The second-order valence-corrected chi connectivity index (χ2v) is 7.81. The molecule has 2 saturated heterocycles. The first-order valence-electron chi connectivity index (χ1n) is 9.37. The van der Waals surface area contributed by atoms with Crippen LogP contribution in [0, 0.1) is 5.21 Å². The number of quaternary nitrogens is 1. The number of nitrogens with zero attached hydrogens (tertiary/aromatic N) is 2. The molecular weight excluding hydrogens is 326 g/mol. The summed E-state index contributed by atoms with van der Waals surface area (Å²) in [4.78, 5) is 7.79. The van der Waals surface area contributed by atoms with Crippen molar-refractivity contribution in [3.8, 4) is 17.0 Å². The maximum Gasteiger partial charge on any atom is 0.138 e. The molecule has 5 heteroatoms. The number of hydrogen-bond donors (Lipinski definition) is 1. The van der Waals surface area contributed by atoms with E-state index in [0.717, 1.165) is 48.2 Å². The Kier molecular flexibility index (Phi) is 3.55.